The van der Waals surface area contributed by atoms with Crippen LogP contribution in [0.15, 0.2) is 30.3 Å². The highest BCUT2D eigenvalue weighted by atomic mass is 32.2. The molecule has 1 amide bonds. The Balaban J connectivity index is 1.76. The molecule has 1 N–H and O–H groups in total. The number of pyridine rings is 1. The van der Waals surface area contributed by atoms with E-state index in [0.29, 0.717) is 0 Å². The maximum atomic E-state index is 13.7. The third kappa shape index (κ3) is 5.86. The van der Waals surface area contributed by atoms with Gasteiger partial charge in [-0.25, -0.2) is 22.6 Å². The highest BCUT2D eigenvalue weighted by Crippen LogP contribution is 2.35. The summed E-state index contributed by atoms with van der Waals surface area (Å²) in [5, 5.41) is 9.37. The molecule has 1 aromatic heterocycles. The minimum atomic E-state index is -5.03. The number of carbonyl (C=O) groups is 2. The molecular weight excluding hydrogens is 496 g/mol. The first kappa shape index (κ1) is 25.9. The summed E-state index contributed by atoms with van der Waals surface area (Å²) in [6.07, 6.45) is -5.03. The molecule has 1 saturated heterocycles. The van der Waals surface area contributed by atoms with Crippen molar-refractivity contribution in [2.45, 2.75) is 18.9 Å². The molecule has 186 valence electrons. The van der Waals surface area contributed by atoms with Crippen LogP contribution in [0.3, 0.4) is 0 Å². The van der Waals surface area contributed by atoms with Gasteiger partial charge >= 0.3 is 12.1 Å². The first-order valence-corrected chi connectivity index (χ1v) is 11.7. The van der Waals surface area contributed by atoms with Crippen LogP contribution in [0.4, 0.5) is 23.4 Å². The molecule has 9 nitrogen and oxygen atoms in total. The predicted molar refractivity (Wildman–Crippen MR) is 113 cm³/mol. The number of hydrogen-bond acceptors (Lipinski definition) is 8. The molecule has 1 aromatic carbocycles. The zero-order valence-electron chi connectivity index (χ0n) is 18.1. The van der Waals surface area contributed by atoms with E-state index in [9.17, 15) is 40.8 Å². The van der Waals surface area contributed by atoms with Gasteiger partial charge in [0.25, 0.3) is 0 Å². The lowest BCUT2D eigenvalue weighted by molar-refractivity contribution is -0.141. The summed E-state index contributed by atoms with van der Waals surface area (Å²) in [5.41, 5.74) is -2.97. The van der Waals surface area contributed by atoms with Crippen LogP contribution in [-0.2, 0) is 31.5 Å². The number of benzene rings is 1. The summed E-state index contributed by atoms with van der Waals surface area (Å²) in [5.74, 6) is -5.13. The topological polar surface area (TPSA) is 129 Å². The number of hydrogen-bond donors (Lipinski definition) is 1. The van der Waals surface area contributed by atoms with E-state index in [-0.39, 0.29) is 30.8 Å². The van der Waals surface area contributed by atoms with E-state index >= 15 is 0 Å². The van der Waals surface area contributed by atoms with Crippen LogP contribution in [0.1, 0.15) is 34.1 Å². The van der Waals surface area contributed by atoms with Crippen LogP contribution in [-0.4, -0.2) is 45.0 Å². The van der Waals surface area contributed by atoms with Gasteiger partial charge in [0, 0.05) is 18.7 Å². The minimum absolute atomic E-state index is 0.146. The normalized spacial score (nSPS) is 14.1. The summed E-state index contributed by atoms with van der Waals surface area (Å²) < 4.78 is 85.2. The van der Waals surface area contributed by atoms with E-state index in [1.807, 2.05) is 4.72 Å². The first-order valence-electron chi connectivity index (χ1n) is 10.1. The third-order valence-electron chi connectivity index (χ3n) is 5.00. The number of esters is 1. The fourth-order valence-electron chi connectivity index (χ4n) is 3.32. The Kier molecular flexibility index (Phi) is 7.30. The van der Waals surface area contributed by atoms with Gasteiger partial charge < -0.3 is 9.64 Å². The van der Waals surface area contributed by atoms with Gasteiger partial charge in [-0.05, 0) is 19.1 Å². The number of alkyl halides is 3. The van der Waals surface area contributed by atoms with E-state index in [2.05, 4.69) is 9.72 Å². The molecule has 0 atom stereocenters. The van der Waals surface area contributed by atoms with Gasteiger partial charge in [-0.2, -0.15) is 18.4 Å². The van der Waals surface area contributed by atoms with E-state index in [4.69, 9.17) is 0 Å². The van der Waals surface area contributed by atoms with Gasteiger partial charge in [0.2, 0.25) is 15.9 Å². The fourth-order valence-corrected chi connectivity index (χ4v) is 4.51. The number of halogens is 4. The summed E-state index contributed by atoms with van der Waals surface area (Å²) in [7, 11) is -4.25. The smallest absolute Gasteiger partial charge is 0.434 e. The van der Waals surface area contributed by atoms with Gasteiger partial charge in [0.1, 0.15) is 17.7 Å². The maximum absolute atomic E-state index is 13.7. The van der Waals surface area contributed by atoms with E-state index < -0.39 is 62.6 Å². The van der Waals surface area contributed by atoms with Gasteiger partial charge in [-0.3, -0.25) is 9.52 Å². The molecular formula is C21H18F4N4O5S. The fraction of sp³-hybridized carbons (Fsp3) is 0.333. The monoisotopic (exact) mass is 514 g/mol. The molecule has 35 heavy (non-hydrogen) atoms. The standard InChI is InChI=1S/C21H18F4N4O5S/c1-2-34-20(31)15-7-13(8-26)18(27-17(15)21(23,24)25)29-9-14(10-29)19(30)28-35(32,33)11-12-5-3-4-6-16(12)22/h3-7,14H,2,9-11H2,1H3,(H,28,30). The lowest BCUT2D eigenvalue weighted by Crippen LogP contribution is -2.55. The molecule has 1 aliphatic heterocycles. The van der Waals surface area contributed by atoms with E-state index in [1.165, 1.54) is 30.0 Å². The van der Waals surface area contributed by atoms with Crippen molar-refractivity contribution in [1.29, 1.82) is 5.26 Å². The summed E-state index contributed by atoms with van der Waals surface area (Å²) in [6, 6.07) is 7.50. The average Bonchev–Trinajstić information content (AvgIpc) is 2.73. The number of rotatable bonds is 7. The van der Waals surface area contributed by atoms with Crippen molar-refractivity contribution in [3.63, 3.8) is 0 Å². The second-order valence-corrected chi connectivity index (χ2v) is 9.23. The number of amides is 1. The highest BCUT2D eigenvalue weighted by Gasteiger charge is 2.42. The average molecular weight is 514 g/mol. The number of anilines is 1. The Morgan fingerprint density at radius 1 is 1.29 bits per heavy atom. The lowest BCUT2D eigenvalue weighted by Gasteiger charge is -2.39. The van der Waals surface area contributed by atoms with Crippen LogP contribution in [0.5, 0.6) is 0 Å². The first-order chi connectivity index (χ1) is 16.4. The maximum Gasteiger partial charge on any atom is 0.434 e. The highest BCUT2D eigenvalue weighted by molar-refractivity contribution is 7.89. The molecule has 2 heterocycles. The number of aromatic nitrogens is 1. The van der Waals surface area contributed by atoms with Crippen molar-refractivity contribution in [1.82, 2.24) is 9.71 Å². The van der Waals surface area contributed by atoms with Gasteiger partial charge in [0.05, 0.1) is 29.4 Å². The molecule has 0 saturated carbocycles. The molecule has 1 aliphatic rings. The quantitative estimate of drug-likeness (QED) is 0.441. The Morgan fingerprint density at radius 2 is 1.94 bits per heavy atom. The molecule has 0 radical (unpaired) electrons. The second-order valence-electron chi connectivity index (χ2n) is 7.50. The van der Waals surface area contributed by atoms with Crippen LogP contribution >= 0.6 is 0 Å². The van der Waals surface area contributed by atoms with Crippen LogP contribution in [0.25, 0.3) is 0 Å². The van der Waals surface area contributed by atoms with Crippen LogP contribution in [0.2, 0.25) is 0 Å². The Hall–Kier alpha value is -3.73. The zero-order chi connectivity index (χ0) is 26.0. The molecule has 2 aromatic rings. The number of nitrogens with zero attached hydrogens (tertiary/aromatic N) is 3. The third-order valence-corrected chi connectivity index (χ3v) is 6.20. The second kappa shape index (κ2) is 9.87. The van der Waals surface area contributed by atoms with Crippen molar-refractivity contribution in [2.24, 2.45) is 5.92 Å². The largest absolute Gasteiger partial charge is 0.462 e. The number of nitrogens with one attached hydrogen (secondary N) is 1. The Labute approximate surface area is 197 Å². The number of nitriles is 1. The molecule has 0 spiro atoms. The van der Waals surface area contributed by atoms with E-state index in [1.54, 1.807) is 6.07 Å². The predicted octanol–water partition coefficient (Wildman–Crippen LogP) is 2.37. The van der Waals surface area contributed by atoms with Crippen molar-refractivity contribution >= 4 is 27.7 Å². The van der Waals surface area contributed by atoms with Gasteiger partial charge in [0.15, 0.2) is 5.69 Å². The Morgan fingerprint density at radius 3 is 2.51 bits per heavy atom. The summed E-state index contributed by atoms with van der Waals surface area (Å²) >= 11 is 0. The summed E-state index contributed by atoms with van der Waals surface area (Å²) in [6.45, 7) is 0.736. The van der Waals surface area contributed by atoms with Crippen LogP contribution in [0, 0.1) is 23.1 Å². The number of ether oxygens (including phenoxy) is 1. The minimum Gasteiger partial charge on any atom is -0.462 e. The SMILES string of the molecule is CCOC(=O)c1cc(C#N)c(N2CC(C(=O)NS(=O)(=O)Cc3ccccc3F)C2)nc1C(F)(F)F. The molecule has 14 heteroatoms. The van der Waals surface area contributed by atoms with Gasteiger partial charge in [-0.15, -0.1) is 0 Å². The van der Waals surface area contributed by atoms with Crippen molar-refractivity contribution in [3.05, 3.63) is 58.5 Å². The lowest BCUT2D eigenvalue weighted by atomic mass is 9.98. The Bertz CT molecular complexity index is 1300. The summed E-state index contributed by atoms with van der Waals surface area (Å²) in [4.78, 5) is 28.9. The number of carbonyl (C=O) groups excluding carboxylic acids is 2. The van der Waals surface area contributed by atoms with Crippen molar-refractivity contribution in [2.75, 3.05) is 24.6 Å². The van der Waals surface area contributed by atoms with Crippen LogP contribution < -0.4 is 9.62 Å². The molecule has 0 unspecified atom stereocenters. The molecule has 3 rings (SSSR count). The molecule has 0 aliphatic carbocycles. The van der Waals surface area contributed by atoms with Crippen molar-refractivity contribution in [3.8, 4) is 6.07 Å². The molecule has 0 bridgehead atoms. The zero-order valence-corrected chi connectivity index (χ0v) is 18.9. The number of sulfonamides is 1. The molecule has 1 fully saturated rings. The van der Waals surface area contributed by atoms with E-state index in [0.717, 1.165) is 12.1 Å². The van der Waals surface area contributed by atoms with Crippen molar-refractivity contribution < 1.29 is 40.3 Å². The van der Waals surface area contributed by atoms with Gasteiger partial charge in [-0.1, -0.05) is 18.2 Å².